The van der Waals surface area contributed by atoms with Crippen LogP contribution in [0.4, 0.5) is 5.69 Å². The number of aryl methyl sites for hydroxylation is 1. The smallest absolute Gasteiger partial charge is 0.256 e. The highest BCUT2D eigenvalue weighted by Crippen LogP contribution is 2.25. The van der Waals surface area contributed by atoms with E-state index in [1.165, 1.54) is 6.33 Å². The molecule has 0 unspecified atom stereocenters. The molecule has 8 heteroatoms. The lowest BCUT2D eigenvalue weighted by Crippen LogP contribution is -2.18. The molecular weight excluding hydrogens is 490 g/mol. The zero-order valence-corrected chi connectivity index (χ0v) is 21.2. The summed E-state index contributed by atoms with van der Waals surface area (Å²) in [6.45, 7) is 1.95. The average molecular weight is 514 g/mol. The van der Waals surface area contributed by atoms with Crippen LogP contribution in [0, 0.1) is 18.8 Å². The van der Waals surface area contributed by atoms with E-state index in [-0.39, 0.29) is 17.7 Å². The third kappa shape index (κ3) is 5.73. The summed E-state index contributed by atoms with van der Waals surface area (Å²) in [4.78, 5) is 37.6. The number of ether oxygens (including phenoxy) is 1. The fourth-order valence-corrected chi connectivity index (χ4v) is 3.85. The summed E-state index contributed by atoms with van der Waals surface area (Å²) in [6, 6.07) is 21.3. The summed E-state index contributed by atoms with van der Waals surface area (Å²) in [5.74, 6) is 6.49. The molecule has 0 bridgehead atoms. The molecule has 2 amide bonds. The highest BCUT2D eigenvalue weighted by Gasteiger charge is 2.13. The number of nitrogens with zero attached hydrogens (tertiary/aromatic N) is 3. The molecule has 0 fully saturated rings. The first-order valence-corrected chi connectivity index (χ1v) is 12.1. The number of hydrogen-bond donors (Lipinski definition) is 2. The van der Waals surface area contributed by atoms with Gasteiger partial charge in [-0.05, 0) is 73.2 Å². The molecule has 0 saturated heterocycles. The van der Waals surface area contributed by atoms with Gasteiger partial charge in [-0.25, -0.2) is 15.0 Å². The molecular formula is C31H23N5O3. The van der Waals surface area contributed by atoms with E-state index in [0.717, 1.165) is 27.6 Å². The average Bonchev–Trinajstić information content (AvgIpc) is 2.97. The van der Waals surface area contributed by atoms with Gasteiger partial charge in [-0.1, -0.05) is 24.0 Å². The monoisotopic (exact) mass is 513 g/mol. The van der Waals surface area contributed by atoms with Crippen molar-refractivity contribution in [2.24, 2.45) is 0 Å². The Morgan fingerprint density at radius 2 is 1.69 bits per heavy atom. The van der Waals surface area contributed by atoms with Crippen LogP contribution in [0.1, 0.15) is 37.4 Å². The Balaban J connectivity index is 1.31. The van der Waals surface area contributed by atoms with Crippen molar-refractivity contribution < 1.29 is 14.3 Å². The van der Waals surface area contributed by atoms with Gasteiger partial charge in [0.25, 0.3) is 11.8 Å². The fraction of sp³-hybridized carbons (Fsp3) is 0.0645. The predicted octanol–water partition coefficient (Wildman–Crippen LogP) is 5.14. The number of rotatable bonds is 5. The summed E-state index contributed by atoms with van der Waals surface area (Å²) in [6.07, 6.45) is 4.81. The Hall–Kier alpha value is -5.55. The van der Waals surface area contributed by atoms with Gasteiger partial charge in [0, 0.05) is 47.2 Å². The number of carbonyl (C=O) groups is 2. The Morgan fingerprint density at radius 1 is 0.872 bits per heavy atom. The van der Waals surface area contributed by atoms with E-state index in [9.17, 15) is 9.59 Å². The second-order valence-corrected chi connectivity index (χ2v) is 8.56. The third-order valence-electron chi connectivity index (χ3n) is 5.95. The van der Waals surface area contributed by atoms with Gasteiger partial charge in [-0.3, -0.25) is 9.59 Å². The van der Waals surface area contributed by atoms with Crippen LogP contribution in [0.25, 0.3) is 10.9 Å². The minimum absolute atomic E-state index is 0.193. The van der Waals surface area contributed by atoms with Crippen molar-refractivity contribution in [3.8, 4) is 23.5 Å². The van der Waals surface area contributed by atoms with Crippen LogP contribution in [0.2, 0.25) is 0 Å². The molecule has 39 heavy (non-hydrogen) atoms. The van der Waals surface area contributed by atoms with Gasteiger partial charge < -0.3 is 15.4 Å². The van der Waals surface area contributed by atoms with E-state index >= 15 is 0 Å². The lowest BCUT2D eigenvalue weighted by atomic mass is 10.0. The maximum Gasteiger partial charge on any atom is 0.256 e. The van der Waals surface area contributed by atoms with E-state index in [0.29, 0.717) is 22.6 Å². The Bertz CT molecular complexity index is 1750. The topological polar surface area (TPSA) is 106 Å². The van der Waals surface area contributed by atoms with E-state index in [1.807, 2.05) is 31.2 Å². The summed E-state index contributed by atoms with van der Waals surface area (Å²) < 4.78 is 5.79. The van der Waals surface area contributed by atoms with Crippen molar-refractivity contribution in [3.63, 3.8) is 0 Å². The van der Waals surface area contributed by atoms with E-state index < -0.39 is 0 Å². The maximum absolute atomic E-state index is 13.0. The number of fused-ring (bicyclic) bond motifs is 1. The number of pyridine rings is 1. The fourth-order valence-electron chi connectivity index (χ4n) is 3.85. The summed E-state index contributed by atoms with van der Waals surface area (Å²) in [7, 11) is 1.54. The van der Waals surface area contributed by atoms with Crippen LogP contribution >= 0.6 is 0 Å². The second-order valence-electron chi connectivity index (χ2n) is 8.56. The molecule has 2 aromatic heterocycles. The standard InChI is InChI=1S/C31H23N5O3/c1-20-8-9-23(17-22(20)11-10-21-5-3-7-28-27(21)18-33-19-35-28)29(37)36-24-12-14-25(15-13-24)39-31-26(30(38)32-2)6-4-16-34-31/h3-9,12-19H,1-2H3,(H,32,38)(H,36,37). The zero-order chi connectivity index (χ0) is 27.2. The molecule has 8 nitrogen and oxygen atoms in total. The molecule has 0 radical (unpaired) electrons. The van der Waals surface area contributed by atoms with Crippen molar-refractivity contribution in [2.75, 3.05) is 12.4 Å². The van der Waals surface area contributed by atoms with Crippen molar-refractivity contribution in [1.29, 1.82) is 0 Å². The normalized spacial score (nSPS) is 10.3. The number of benzene rings is 3. The van der Waals surface area contributed by atoms with Crippen LogP contribution in [0.3, 0.4) is 0 Å². The third-order valence-corrected chi connectivity index (χ3v) is 5.95. The van der Waals surface area contributed by atoms with Crippen LogP contribution in [0.5, 0.6) is 11.6 Å². The quantitative estimate of drug-likeness (QED) is 0.315. The minimum Gasteiger partial charge on any atom is -0.438 e. The molecule has 2 heterocycles. The number of nitrogens with one attached hydrogen (secondary N) is 2. The first kappa shape index (κ1) is 25.1. The molecule has 2 N–H and O–H groups in total. The summed E-state index contributed by atoms with van der Waals surface area (Å²) in [5, 5.41) is 6.33. The molecule has 0 saturated carbocycles. The number of hydrogen-bond acceptors (Lipinski definition) is 6. The predicted molar refractivity (Wildman–Crippen MR) is 149 cm³/mol. The van der Waals surface area contributed by atoms with Gasteiger partial charge in [0.1, 0.15) is 17.6 Å². The Labute approximate surface area is 225 Å². The molecule has 0 aliphatic rings. The first-order chi connectivity index (χ1) is 19.0. The maximum atomic E-state index is 13.0. The van der Waals surface area contributed by atoms with Crippen LogP contribution < -0.4 is 15.4 Å². The van der Waals surface area contributed by atoms with Gasteiger partial charge in [0.15, 0.2) is 0 Å². The molecule has 5 rings (SSSR count). The van der Waals surface area contributed by atoms with Crippen LogP contribution in [-0.2, 0) is 0 Å². The number of amides is 2. The van der Waals surface area contributed by atoms with Crippen molar-refractivity contribution in [2.45, 2.75) is 6.92 Å². The van der Waals surface area contributed by atoms with Crippen LogP contribution in [0.15, 0.2) is 91.5 Å². The van der Waals surface area contributed by atoms with Gasteiger partial charge in [0.05, 0.1) is 5.52 Å². The lowest BCUT2D eigenvalue weighted by Gasteiger charge is -2.10. The molecule has 5 aromatic rings. The SMILES string of the molecule is CNC(=O)c1cccnc1Oc1ccc(NC(=O)c2ccc(C)c(C#Cc3cccc4ncncc34)c2)cc1. The van der Waals surface area contributed by atoms with Gasteiger partial charge in [-0.2, -0.15) is 0 Å². The van der Waals surface area contributed by atoms with Crippen LogP contribution in [-0.4, -0.2) is 33.8 Å². The molecule has 3 aromatic carbocycles. The summed E-state index contributed by atoms with van der Waals surface area (Å²) in [5.41, 5.74) is 4.75. The highest BCUT2D eigenvalue weighted by molar-refractivity contribution is 6.04. The number of aromatic nitrogens is 3. The number of carbonyl (C=O) groups excluding carboxylic acids is 2. The largest absolute Gasteiger partial charge is 0.438 e. The van der Waals surface area contributed by atoms with Gasteiger partial charge >= 0.3 is 0 Å². The second kappa shape index (κ2) is 11.2. The molecule has 0 atom stereocenters. The van der Waals surface area contributed by atoms with Crippen molar-refractivity contribution in [3.05, 3.63) is 119 Å². The van der Waals surface area contributed by atoms with E-state index in [1.54, 1.807) is 68.0 Å². The van der Waals surface area contributed by atoms with E-state index in [4.69, 9.17) is 4.74 Å². The molecule has 0 spiro atoms. The first-order valence-electron chi connectivity index (χ1n) is 12.1. The molecule has 0 aliphatic carbocycles. The van der Waals surface area contributed by atoms with Crippen molar-refractivity contribution in [1.82, 2.24) is 20.3 Å². The van der Waals surface area contributed by atoms with Gasteiger partial charge in [0.2, 0.25) is 5.88 Å². The Morgan fingerprint density at radius 3 is 2.51 bits per heavy atom. The van der Waals surface area contributed by atoms with E-state index in [2.05, 4.69) is 37.4 Å². The van der Waals surface area contributed by atoms with Gasteiger partial charge in [-0.15, -0.1) is 0 Å². The summed E-state index contributed by atoms with van der Waals surface area (Å²) >= 11 is 0. The highest BCUT2D eigenvalue weighted by atomic mass is 16.5. The molecule has 0 aliphatic heterocycles. The molecule has 190 valence electrons. The zero-order valence-electron chi connectivity index (χ0n) is 21.2. The minimum atomic E-state index is -0.296. The van der Waals surface area contributed by atoms with Crippen molar-refractivity contribution >= 4 is 28.4 Å². The lowest BCUT2D eigenvalue weighted by molar-refractivity contribution is 0.0959. The number of anilines is 1. The Kier molecular flexibility index (Phi) is 7.23.